The summed E-state index contributed by atoms with van der Waals surface area (Å²) in [5, 5.41) is 21.3. The molecular weight excluding hydrogens is 254 g/mol. The third-order valence-corrected chi connectivity index (χ3v) is 2.23. The van der Waals surface area contributed by atoms with Gasteiger partial charge in [0.25, 0.3) is 5.69 Å². The van der Waals surface area contributed by atoms with Gasteiger partial charge in [0.05, 0.1) is 17.0 Å². The van der Waals surface area contributed by atoms with Crippen LogP contribution in [0.2, 0.25) is 0 Å². The Bertz CT molecular complexity index is 566. The lowest BCUT2D eigenvalue weighted by molar-refractivity contribution is -0.384. The second kappa shape index (κ2) is 5.67. The van der Waals surface area contributed by atoms with Crippen LogP contribution in [0.1, 0.15) is 10.4 Å². The van der Waals surface area contributed by atoms with Crippen LogP contribution in [0.5, 0.6) is 0 Å². The van der Waals surface area contributed by atoms with Crippen molar-refractivity contribution < 1.29 is 14.5 Å². The maximum absolute atomic E-state index is 11.6. The number of esters is 1. The van der Waals surface area contributed by atoms with Crippen molar-refractivity contribution >= 4 is 11.7 Å². The number of nitro benzene ring substituents is 1. The van der Waals surface area contributed by atoms with Crippen LogP contribution >= 0.6 is 0 Å². The van der Waals surface area contributed by atoms with E-state index in [4.69, 9.17) is 4.74 Å². The van der Waals surface area contributed by atoms with Crippen molar-refractivity contribution in [1.29, 1.82) is 0 Å². The first-order chi connectivity index (χ1) is 9.16. The smallest absolute Gasteiger partial charge is 0.338 e. The normalized spacial score (nSPS) is 10.1. The Hall–Kier alpha value is -2.84. The zero-order valence-corrected chi connectivity index (χ0v) is 9.67. The van der Waals surface area contributed by atoms with Crippen LogP contribution in [0, 0.1) is 10.1 Å². The third kappa shape index (κ3) is 3.31. The van der Waals surface area contributed by atoms with Gasteiger partial charge in [0.15, 0.2) is 6.33 Å². The second-order valence-electron chi connectivity index (χ2n) is 3.47. The summed E-state index contributed by atoms with van der Waals surface area (Å²) in [4.78, 5) is 22.8. The number of tetrazole rings is 1. The molecule has 0 fully saturated rings. The van der Waals surface area contributed by atoms with E-state index in [1.807, 2.05) is 0 Å². The molecule has 19 heavy (non-hydrogen) atoms. The summed E-state index contributed by atoms with van der Waals surface area (Å²) in [6.45, 7) is 0.380. The van der Waals surface area contributed by atoms with Crippen molar-refractivity contribution in [2.75, 3.05) is 6.61 Å². The number of nitro groups is 1. The number of ether oxygens (including phenoxy) is 1. The molecule has 1 aromatic carbocycles. The molecule has 0 spiro atoms. The maximum atomic E-state index is 11.6. The lowest BCUT2D eigenvalue weighted by atomic mass is 10.2. The average molecular weight is 263 g/mol. The molecule has 0 amide bonds. The summed E-state index contributed by atoms with van der Waals surface area (Å²) < 4.78 is 4.96. The molecule has 0 aliphatic heterocycles. The summed E-state index contributed by atoms with van der Waals surface area (Å²) in [6.07, 6.45) is 1.28. The number of nitrogens with zero attached hydrogens (tertiary/aromatic N) is 5. The molecule has 0 saturated heterocycles. The number of carbonyl (C=O) groups is 1. The van der Waals surface area contributed by atoms with Crippen LogP contribution in [-0.4, -0.2) is 37.7 Å². The molecule has 0 aliphatic rings. The molecule has 1 heterocycles. The predicted octanol–water partition coefficient (Wildman–Crippen LogP) is 0.438. The van der Waals surface area contributed by atoms with Gasteiger partial charge in [-0.1, -0.05) is 0 Å². The first-order valence-corrected chi connectivity index (χ1v) is 5.29. The standard InChI is InChI=1S/C10H9N5O4/c16-10(19-6-5-14-12-7-11-13-14)8-1-3-9(4-2-8)15(17)18/h1-4,7H,5-6H2. The fourth-order valence-electron chi connectivity index (χ4n) is 1.31. The fourth-order valence-corrected chi connectivity index (χ4v) is 1.31. The van der Waals surface area contributed by atoms with Gasteiger partial charge in [-0.2, -0.15) is 4.80 Å². The number of rotatable bonds is 5. The van der Waals surface area contributed by atoms with Crippen LogP contribution in [0.3, 0.4) is 0 Å². The van der Waals surface area contributed by atoms with E-state index in [0.29, 0.717) is 6.54 Å². The predicted molar refractivity (Wildman–Crippen MR) is 61.2 cm³/mol. The molecule has 0 N–H and O–H groups in total. The van der Waals surface area contributed by atoms with Crippen molar-refractivity contribution in [2.24, 2.45) is 0 Å². The molecule has 9 nitrogen and oxygen atoms in total. The first-order valence-electron chi connectivity index (χ1n) is 5.29. The quantitative estimate of drug-likeness (QED) is 0.436. The Labute approximate surface area is 106 Å². The zero-order chi connectivity index (χ0) is 13.7. The van der Waals surface area contributed by atoms with E-state index in [1.54, 1.807) is 0 Å². The lowest BCUT2D eigenvalue weighted by Gasteiger charge is -2.03. The minimum absolute atomic E-state index is 0.0802. The Morgan fingerprint density at radius 3 is 2.68 bits per heavy atom. The molecule has 0 atom stereocenters. The van der Waals surface area contributed by atoms with Crippen molar-refractivity contribution in [3.05, 3.63) is 46.3 Å². The number of benzene rings is 1. The molecule has 0 unspecified atom stereocenters. The topological polar surface area (TPSA) is 113 Å². The summed E-state index contributed by atoms with van der Waals surface area (Å²) in [7, 11) is 0. The van der Waals surface area contributed by atoms with E-state index in [2.05, 4.69) is 15.4 Å². The molecule has 2 rings (SSSR count). The molecule has 0 bridgehead atoms. The zero-order valence-electron chi connectivity index (χ0n) is 9.67. The largest absolute Gasteiger partial charge is 0.460 e. The van der Waals surface area contributed by atoms with Crippen LogP contribution in [-0.2, 0) is 11.3 Å². The van der Waals surface area contributed by atoms with Crippen LogP contribution in [0.15, 0.2) is 30.6 Å². The highest BCUT2D eigenvalue weighted by Crippen LogP contribution is 2.12. The molecule has 98 valence electrons. The summed E-state index contributed by atoms with van der Waals surface area (Å²) in [5.41, 5.74) is 0.167. The number of carbonyl (C=O) groups excluding carboxylic acids is 1. The Balaban J connectivity index is 1.87. The minimum Gasteiger partial charge on any atom is -0.460 e. The third-order valence-electron chi connectivity index (χ3n) is 2.23. The average Bonchev–Trinajstić information content (AvgIpc) is 2.92. The number of hydrogen-bond donors (Lipinski definition) is 0. The van der Waals surface area contributed by atoms with Gasteiger partial charge < -0.3 is 4.74 Å². The van der Waals surface area contributed by atoms with Gasteiger partial charge in [0.1, 0.15) is 6.61 Å². The molecule has 0 radical (unpaired) electrons. The molecule has 2 aromatic rings. The second-order valence-corrected chi connectivity index (χ2v) is 3.47. The highest BCUT2D eigenvalue weighted by molar-refractivity contribution is 5.89. The van der Waals surface area contributed by atoms with Crippen molar-refractivity contribution in [1.82, 2.24) is 20.2 Å². The van der Waals surface area contributed by atoms with Gasteiger partial charge in [-0.15, -0.1) is 10.2 Å². The summed E-state index contributed by atoms with van der Waals surface area (Å²) in [6, 6.07) is 5.17. The molecule has 0 aliphatic carbocycles. The molecule has 1 aromatic heterocycles. The van der Waals surface area contributed by atoms with E-state index >= 15 is 0 Å². The lowest BCUT2D eigenvalue weighted by Crippen LogP contribution is -2.13. The van der Waals surface area contributed by atoms with Crippen molar-refractivity contribution in [3.8, 4) is 0 Å². The monoisotopic (exact) mass is 263 g/mol. The number of non-ortho nitro benzene ring substituents is 1. The van der Waals surface area contributed by atoms with E-state index in [1.165, 1.54) is 35.4 Å². The van der Waals surface area contributed by atoms with Crippen molar-refractivity contribution in [3.63, 3.8) is 0 Å². The number of aromatic nitrogens is 4. The minimum atomic E-state index is -0.560. The summed E-state index contributed by atoms with van der Waals surface area (Å²) >= 11 is 0. The maximum Gasteiger partial charge on any atom is 0.338 e. The van der Waals surface area contributed by atoms with Gasteiger partial charge in [-0.05, 0) is 17.3 Å². The van der Waals surface area contributed by atoms with Gasteiger partial charge in [-0.25, -0.2) is 4.79 Å². The SMILES string of the molecule is O=C(OCCn1ncnn1)c1ccc([N+](=O)[O-])cc1. The van der Waals surface area contributed by atoms with E-state index < -0.39 is 10.9 Å². The van der Waals surface area contributed by atoms with E-state index in [0.717, 1.165) is 0 Å². The van der Waals surface area contributed by atoms with E-state index in [9.17, 15) is 14.9 Å². The van der Waals surface area contributed by atoms with Gasteiger partial charge >= 0.3 is 5.97 Å². The highest BCUT2D eigenvalue weighted by Gasteiger charge is 2.10. The highest BCUT2D eigenvalue weighted by atomic mass is 16.6. The Morgan fingerprint density at radius 2 is 2.11 bits per heavy atom. The Morgan fingerprint density at radius 1 is 1.37 bits per heavy atom. The number of hydrogen-bond acceptors (Lipinski definition) is 7. The fraction of sp³-hybridized carbons (Fsp3) is 0.200. The summed E-state index contributed by atoms with van der Waals surface area (Å²) in [5.74, 6) is -0.560. The van der Waals surface area contributed by atoms with Crippen molar-refractivity contribution in [2.45, 2.75) is 6.54 Å². The van der Waals surface area contributed by atoms with E-state index in [-0.39, 0.29) is 17.9 Å². The van der Waals surface area contributed by atoms with Crippen LogP contribution in [0.25, 0.3) is 0 Å². The molecule has 0 saturated carbocycles. The first kappa shape index (κ1) is 12.6. The van der Waals surface area contributed by atoms with Crippen LogP contribution in [0.4, 0.5) is 5.69 Å². The molecule has 9 heteroatoms. The van der Waals surface area contributed by atoms with Crippen LogP contribution < -0.4 is 0 Å². The van der Waals surface area contributed by atoms with Gasteiger partial charge in [0.2, 0.25) is 0 Å². The Kier molecular flexibility index (Phi) is 3.76. The van der Waals surface area contributed by atoms with Gasteiger partial charge in [0, 0.05) is 12.1 Å². The van der Waals surface area contributed by atoms with Gasteiger partial charge in [-0.3, -0.25) is 10.1 Å². The molecular formula is C10H9N5O4.